The maximum Gasteiger partial charge on any atom is 0.178 e. The highest BCUT2D eigenvalue weighted by Gasteiger charge is 2.10. The molecule has 0 fully saturated rings. The Morgan fingerprint density at radius 1 is 1.39 bits per heavy atom. The Morgan fingerprint density at radius 2 is 2.17 bits per heavy atom. The number of aromatic nitrogens is 2. The average molecular weight is 283 g/mol. The van der Waals surface area contributed by atoms with Crippen LogP contribution in [-0.4, -0.2) is 9.55 Å². The van der Waals surface area contributed by atoms with Crippen molar-refractivity contribution in [2.45, 2.75) is 45.6 Å². The molecule has 1 heterocycles. The molecule has 0 bridgehead atoms. The van der Waals surface area contributed by atoms with Crippen molar-refractivity contribution >= 4 is 34.9 Å². The monoisotopic (exact) mass is 282 g/mol. The molecule has 0 saturated heterocycles. The van der Waals surface area contributed by atoms with E-state index in [2.05, 4.69) is 23.4 Å². The van der Waals surface area contributed by atoms with Crippen LogP contribution in [0.15, 0.2) is 18.2 Å². The lowest BCUT2D eigenvalue weighted by Gasteiger charge is -2.14. The summed E-state index contributed by atoms with van der Waals surface area (Å²) >= 11 is 11.4. The number of imidazole rings is 1. The van der Waals surface area contributed by atoms with E-state index in [4.69, 9.17) is 23.8 Å². The van der Waals surface area contributed by atoms with E-state index in [1.54, 1.807) is 0 Å². The van der Waals surface area contributed by atoms with Crippen molar-refractivity contribution in [2.24, 2.45) is 0 Å². The SMILES string of the molecule is CCCCCC(C)n1c(=S)[nH]c2cc(Cl)ccc21. The van der Waals surface area contributed by atoms with Gasteiger partial charge in [0.25, 0.3) is 0 Å². The highest BCUT2D eigenvalue weighted by atomic mass is 35.5. The maximum atomic E-state index is 6.00. The van der Waals surface area contributed by atoms with Gasteiger partial charge in [-0.3, -0.25) is 0 Å². The first kappa shape index (κ1) is 13.6. The van der Waals surface area contributed by atoms with Gasteiger partial charge in [-0.05, 0) is 43.8 Å². The van der Waals surface area contributed by atoms with Gasteiger partial charge in [0.2, 0.25) is 0 Å². The molecule has 0 amide bonds. The Bertz CT molecular complexity index is 585. The first-order valence-electron chi connectivity index (χ1n) is 6.53. The molecule has 1 unspecified atom stereocenters. The van der Waals surface area contributed by atoms with Crippen LogP contribution in [0.5, 0.6) is 0 Å². The fourth-order valence-corrected chi connectivity index (χ4v) is 2.92. The second kappa shape index (κ2) is 5.89. The Hall–Kier alpha value is -0.800. The van der Waals surface area contributed by atoms with Crippen molar-refractivity contribution in [3.63, 3.8) is 0 Å². The standard InChI is InChI=1S/C14H19ClN2S/c1-3-4-5-6-10(2)17-13-8-7-11(15)9-12(13)16-14(17)18/h7-10H,3-6H2,1-2H3,(H,16,18). The molecule has 1 aromatic carbocycles. The number of fused-ring (bicyclic) bond motifs is 1. The summed E-state index contributed by atoms with van der Waals surface area (Å²) in [5.41, 5.74) is 2.17. The molecule has 2 aromatic rings. The number of hydrogen-bond acceptors (Lipinski definition) is 1. The zero-order valence-electron chi connectivity index (χ0n) is 10.9. The molecule has 18 heavy (non-hydrogen) atoms. The van der Waals surface area contributed by atoms with E-state index < -0.39 is 0 Å². The number of nitrogens with zero attached hydrogens (tertiary/aromatic N) is 1. The first-order chi connectivity index (χ1) is 8.63. The van der Waals surface area contributed by atoms with Gasteiger partial charge in [-0.15, -0.1) is 0 Å². The topological polar surface area (TPSA) is 20.7 Å². The minimum Gasteiger partial charge on any atom is -0.331 e. The van der Waals surface area contributed by atoms with E-state index in [1.807, 2.05) is 18.2 Å². The van der Waals surface area contributed by atoms with Crippen LogP contribution in [0.25, 0.3) is 11.0 Å². The Labute approximate surface area is 118 Å². The number of hydrogen-bond donors (Lipinski definition) is 1. The molecule has 2 nitrogen and oxygen atoms in total. The van der Waals surface area contributed by atoms with Crippen LogP contribution in [0.1, 0.15) is 45.6 Å². The normalized spacial score (nSPS) is 13.1. The third-order valence-electron chi connectivity index (χ3n) is 3.34. The van der Waals surface area contributed by atoms with Gasteiger partial charge in [-0.2, -0.15) is 0 Å². The third kappa shape index (κ3) is 2.78. The van der Waals surface area contributed by atoms with Crippen molar-refractivity contribution in [1.82, 2.24) is 9.55 Å². The largest absolute Gasteiger partial charge is 0.331 e. The van der Waals surface area contributed by atoms with Gasteiger partial charge >= 0.3 is 0 Å². The number of aromatic amines is 1. The van der Waals surface area contributed by atoms with Gasteiger partial charge in [0.1, 0.15) is 0 Å². The Kier molecular flexibility index (Phi) is 4.46. The summed E-state index contributed by atoms with van der Waals surface area (Å²) in [6, 6.07) is 6.32. The molecule has 2 rings (SSSR count). The number of nitrogens with one attached hydrogen (secondary N) is 1. The molecule has 0 aliphatic carbocycles. The van der Waals surface area contributed by atoms with Crippen molar-refractivity contribution in [3.8, 4) is 0 Å². The summed E-state index contributed by atoms with van der Waals surface area (Å²) < 4.78 is 2.99. The van der Waals surface area contributed by atoms with E-state index in [-0.39, 0.29) is 0 Å². The lowest BCUT2D eigenvalue weighted by atomic mass is 10.1. The molecule has 0 aliphatic heterocycles. The summed E-state index contributed by atoms with van der Waals surface area (Å²) in [5.74, 6) is 0. The van der Waals surface area contributed by atoms with Gasteiger partial charge in [0.15, 0.2) is 4.77 Å². The fourth-order valence-electron chi connectivity index (χ4n) is 2.36. The molecule has 1 N–H and O–H groups in total. The fraction of sp³-hybridized carbons (Fsp3) is 0.500. The van der Waals surface area contributed by atoms with Crippen LogP contribution in [0.2, 0.25) is 5.02 Å². The average Bonchev–Trinajstić information content (AvgIpc) is 2.64. The number of benzene rings is 1. The second-order valence-electron chi connectivity index (χ2n) is 4.81. The van der Waals surface area contributed by atoms with Gasteiger partial charge < -0.3 is 9.55 Å². The van der Waals surface area contributed by atoms with E-state index in [1.165, 1.54) is 19.3 Å². The molecule has 1 atom stereocenters. The summed E-state index contributed by atoms with van der Waals surface area (Å²) in [6.07, 6.45) is 4.95. The highest BCUT2D eigenvalue weighted by Crippen LogP contribution is 2.25. The quantitative estimate of drug-likeness (QED) is 0.568. The van der Waals surface area contributed by atoms with Gasteiger partial charge in [-0.25, -0.2) is 0 Å². The van der Waals surface area contributed by atoms with Crippen LogP contribution >= 0.6 is 23.8 Å². The van der Waals surface area contributed by atoms with Crippen LogP contribution in [0.3, 0.4) is 0 Å². The number of rotatable bonds is 5. The molecular formula is C14H19ClN2S. The Balaban J connectivity index is 2.32. The van der Waals surface area contributed by atoms with Crippen LogP contribution < -0.4 is 0 Å². The van der Waals surface area contributed by atoms with Crippen molar-refractivity contribution in [3.05, 3.63) is 28.0 Å². The minimum atomic E-state index is 0.430. The van der Waals surface area contributed by atoms with Gasteiger partial charge in [0.05, 0.1) is 11.0 Å². The van der Waals surface area contributed by atoms with Crippen molar-refractivity contribution in [2.75, 3.05) is 0 Å². The zero-order chi connectivity index (χ0) is 13.1. The third-order valence-corrected chi connectivity index (χ3v) is 3.88. The summed E-state index contributed by atoms with van der Waals surface area (Å²) in [7, 11) is 0. The van der Waals surface area contributed by atoms with E-state index >= 15 is 0 Å². The lowest BCUT2D eigenvalue weighted by Crippen LogP contribution is -2.05. The van der Waals surface area contributed by atoms with Gasteiger partial charge in [0, 0.05) is 11.1 Å². The van der Waals surface area contributed by atoms with E-state index in [0.29, 0.717) is 6.04 Å². The molecule has 98 valence electrons. The van der Waals surface area contributed by atoms with Crippen LogP contribution in [0, 0.1) is 4.77 Å². The van der Waals surface area contributed by atoms with Crippen molar-refractivity contribution < 1.29 is 0 Å². The maximum absolute atomic E-state index is 6.00. The summed E-state index contributed by atoms with van der Waals surface area (Å²) in [5, 5.41) is 0.740. The van der Waals surface area contributed by atoms with E-state index in [9.17, 15) is 0 Å². The molecule has 0 spiro atoms. The summed E-state index contributed by atoms with van der Waals surface area (Å²) in [4.78, 5) is 3.23. The Morgan fingerprint density at radius 3 is 2.89 bits per heavy atom. The predicted octanol–water partition coefficient (Wildman–Crippen LogP) is 5.49. The second-order valence-corrected chi connectivity index (χ2v) is 5.63. The molecule has 0 radical (unpaired) electrons. The zero-order valence-corrected chi connectivity index (χ0v) is 12.4. The number of unbranched alkanes of at least 4 members (excludes halogenated alkanes) is 2. The van der Waals surface area contributed by atoms with Crippen LogP contribution in [-0.2, 0) is 0 Å². The smallest absolute Gasteiger partial charge is 0.178 e. The molecular weight excluding hydrogens is 264 g/mol. The molecule has 4 heteroatoms. The van der Waals surface area contributed by atoms with E-state index in [0.717, 1.165) is 27.2 Å². The molecule has 1 aromatic heterocycles. The first-order valence-corrected chi connectivity index (χ1v) is 7.32. The minimum absolute atomic E-state index is 0.430. The number of halogens is 1. The number of H-pyrrole nitrogens is 1. The lowest BCUT2D eigenvalue weighted by molar-refractivity contribution is 0.483. The molecule has 0 saturated carbocycles. The van der Waals surface area contributed by atoms with Gasteiger partial charge in [-0.1, -0.05) is 37.8 Å². The van der Waals surface area contributed by atoms with Crippen molar-refractivity contribution in [1.29, 1.82) is 0 Å². The van der Waals surface area contributed by atoms with Crippen LogP contribution in [0.4, 0.5) is 0 Å². The predicted molar refractivity (Wildman–Crippen MR) is 81.0 cm³/mol. The highest BCUT2D eigenvalue weighted by molar-refractivity contribution is 7.71. The molecule has 0 aliphatic rings. The summed E-state index contributed by atoms with van der Waals surface area (Å²) in [6.45, 7) is 4.46.